The van der Waals surface area contributed by atoms with Gasteiger partial charge in [0.15, 0.2) is 0 Å². The van der Waals surface area contributed by atoms with Gasteiger partial charge in [0.2, 0.25) is 11.8 Å². The van der Waals surface area contributed by atoms with Crippen LogP contribution in [0.15, 0.2) is 18.2 Å². The van der Waals surface area contributed by atoms with Gasteiger partial charge in [0.25, 0.3) is 0 Å². The van der Waals surface area contributed by atoms with E-state index in [1.807, 2.05) is 13.8 Å². The summed E-state index contributed by atoms with van der Waals surface area (Å²) in [6.45, 7) is 6.25. The molecule has 0 spiro atoms. The summed E-state index contributed by atoms with van der Waals surface area (Å²) in [6.07, 6.45) is 0.845. The van der Waals surface area contributed by atoms with Gasteiger partial charge in [-0.05, 0) is 25.5 Å². The van der Waals surface area contributed by atoms with Crippen LogP contribution in [0.4, 0.5) is 0 Å². The van der Waals surface area contributed by atoms with E-state index in [2.05, 4.69) is 5.32 Å². The smallest absolute Gasteiger partial charge is 0.242 e. The monoisotopic (exact) mass is 344 g/mol. The number of hydrogen-bond acceptors (Lipinski definition) is 2. The van der Waals surface area contributed by atoms with E-state index in [-0.39, 0.29) is 18.4 Å². The van der Waals surface area contributed by atoms with Crippen molar-refractivity contribution in [1.82, 2.24) is 10.2 Å². The Balaban J connectivity index is 3.12. The van der Waals surface area contributed by atoms with Crippen LogP contribution in [0.3, 0.4) is 0 Å². The van der Waals surface area contributed by atoms with Gasteiger partial charge in [0.05, 0.1) is 0 Å². The maximum Gasteiger partial charge on any atom is 0.242 e. The molecule has 0 fully saturated rings. The number of amides is 2. The number of carbonyl (C=O) groups excluding carboxylic acids is 2. The summed E-state index contributed by atoms with van der Waals surface area (Å²) in [5, 5.41) is 3.76. The first kappa shape index (κ1) is 18.8. The van der Waals surface area contributed by atoms with Crippen LogP contribution < -0.4 is 5.32 Å². The molecule has 0 aromatic heterocycles. The molecule has 0 bridgehead atoms. The van der Waals surface area contributed by atoms with Crippen molar-refractivity contribution in [3.63, 3.8) is 0 Å². The van der Waals surface area contributed by atoms with Crippen LogP contribution in [0.1, 0.15) is 39.2 Å². The molecule has 0 aliphatic rings. The quantitative estimate of drug-likeness (QED) is 0.820. The first-order valence-electron chi connectivity index (χ1n) is 7.46. The zero-order chi connectivity index (χ0) is 16.7. The van der Waals surface area contributed by atoms with Gasteiger partial charge in [0, 0.05) is 35.1 Å². The van der Waals surface area contributed by atoms with Gasteiger partial charge >= 0.3 is 0 Å². The molecule has 6 heteroatoms. The number of likely N-dealkylation sites (N-methyl/N-ethyl adjacent to an activating group) is 1. The van der Waals surface area contributed by atoms with Gasteiger partial charge in [-0.1, -0.05) is 43.1 Å². The molecule has 0 saturated heterocycles. The van der Waals surface area contributed by atoms with Crippen LogP contribution in [-0.4, -0.2) is 29.3 Å². The molecule has 2 amide bonds. The second-order valence-corrected chi connectivity index (χ2v) is 5.71. The summed E-state index contributed by atoms with van der Waals surface area (Å²) in [6, 6.07) is 4.68. The minimum atomic E-state index is -0.528. The lowest BCUT2D eigenvalue weighted by Crippen LogP contribution is -2.48. The SMILES string of the molecule is CCNC(=O)[C@H](CC)N(Cc1c(Cl)cccc1Cl)C(=O)CC. The molecule has 0 aliphatic heterocycles. The third-order valence-corrected chi connectivity index (χ3v) is 4.14. The lowest BCUT2D eigenvalue weighted by Gasteiger charge is -2.30. The molecule has 1 atom stereocenters. The Kier molecular flexibility index (Phi) is 7.69. The lowest BCUT2D eigenvalue weighted by atomic mass is 10.1. The van der Waals surface area contributed by atoms with E-state index in [1.165, 1.54) is 0 Å². The molecule has 4 nitrogen and oxygen atoms in total. The van der Waals surface area contributed by atoms with Crippen molar-refractivity contribution in [2.45, 2.75) is 46.2 Å². The van der Waals surface area contributed by atoms with Crippen LogP contribution in [0.25, 0.3) is 0 Å². The number of benzene rings is 1. The van der Waals surface area contributed by atoms with Crippen LogP contribution >= 0.6 is 23.2 Å². The highest BCUT2D eigenvalue weighted by Gasteiger charge is 2.28. The highest BCUT2D eigenvalue weighted by atomic mass is 35.5. The number of carbonyl (C=O) groups is 2. The summed E-state index contributed by atoms with van der Waals surface area (Å²) in [4.78, 5) is 26.1. The van der Waals surface area contributed by atoms with Crippen LogP contribution in [0.5, 0.6) is 0 Å². The fourth-order valence-corrected chi connectivity index (χ4v) is 2.79. The molecular formula is C16H22Cl2N2O2. The van der Waals surface area contributed by atoms with E-state index in [9.17, 15) is 9.59 Å². The highest BCUT2D eigenvalue weighted by molar-refractivity contribution is 6.36. The first-order chi connectivity index (χ1) is 10.5. The van der Waals surface area contributed by atoms with Gasteiger partial charge in [-0.25, -0.2) is 0 Å². The zero-order valence-corrected chi connectivity index (χ0v) is 14.7. The molecule has 22 heavy (non-hydrogen) atoms. The Morgan fingerprint density at radius 2 is 1.77 bits per heavy atom. The first-order valence-corrected chi connectivity index (χ1v) is 8.21. The Labute approximate surface area is 141 Å². The standard InChI is InChI=1S/C16H22Cl2N2O2/c1-4-14(16(22)19-6-3)20(15(21)5-2)10-11-12(17)8-7-9-13(11)18/h7-9,14H,4-6,10H2,1-3H3,(H,19,22)/t14-/m0/s1. The Morgan fingerprint density at radius 3 is 2.23 bits per heavy atom. The average Bonchev–Trinajstić information content (AvgIpc) is 2.49. The topological polar surface area (TPSA) is 49.4 Å². The fraction of sp³-hybridized carbons (Fsp3) is 0.500. The van der Waals surface area contributed by atoms with E-state index < -0.39 is 6.04 Å². The third kappa shape index (κ3) is 4.62. The Morgan fingerprint density at radius 1 is 1.18 bits per heavy atom. The number of halogens is 2. The maximum atomic E-state index is 12.3. The number of nitrogens with zero attached hydrogens (tertiary/aromatic N) is 1. The molecule has 0 unspecified atom stereocenters. The van der Waals surface area contributed by atoms with Crippen LogP contribution in [-0.2, 0) is 16.1 Å². The Hall–Kier alpha value is -1.26. The predicted octanol–water partition coefficient (Wildman–Crippen LogP) is 3.65. The minimum Gasteiger partial charge on any atom is -0.355 e. The predicted molar refractivity (Wildman–Crippen MR) is 90.1 cm³/mol. The van der Waals surface area contributed by atoms with E-state index in [0.29, 0.717) is 35.0 Å². The summed E-state index contributed by atoms with van der Waals surface area (Å²) in [7, 11) is 0. The van der Waals surface area contributed by atoms with Gasteiger partial charge in [0.1, 0.15) is 6.04 Å². The molecule has 1 aromatic carbocycles. The second-order valence-electron chi connectivity index (χ2n) is 4.89. The van der Waals surface area contributed by atoms with E-state index in [4.69, 9.17) is 23.2 Å². The molecule has 1 N–H and O–H groups in total. The van der Waals surface area contributed by atoms with Crippen molar-refractivity contribution < 1.29 is 9.59 Å². The Bertz CT molecular complexity index is 515. The molecule has 122 valence electrons. The summed E-state index contributed by atoms with van der Waals surface area (Å²) in [5.41, 5.74) is 0.662. The molecular weight excluding hydrogens is 323 g/mol. The van der Waals surface area contributed by atoms with Gasteiger partial charge < -0.3 is 10.2 Å². The van der Waals surface area contributed by atoms with Gasteiger partial charge in [-0.2, -0.15) is 0 Å². The van der Waals surface area contributed by atoms with Crippen molar-refractivity contribution in [3.05, 3.63) is 33.8 Å². The highest BCUT2D eigenvalue weighted by Crippen LogP contribution is 2.27. The number of nitrogens with one attached hydrogen (secondary N) is 1. The molecule has 1 aromatic rings. The second kappa shape index (κ2) is 9.01. The van der Waals surface area contributed by atoms with E-state index in [0.717, 1.165) is 0 Å². The fourth-order valence-electron chi connectivity index (χ4n) is 2.27. The van der Waals surface area contributed by atoms with Gasteiger partial charge in [-0.3, -0.25) is 9.59 Å². The molecule has 0 aliphatic carbocycles. The molecule has 0 heterocycles. The van der Waals surface area contributed by atoms with Gasteiger partial charge in [-0.15, -0.1) is 0 Å². The van der Waals surface area contributed by atoms with Crippen molar-refractivity contribution in [2.24, 2.45) is 0 Å². The van der Waals surface area contributed by atoms with Crippen molar-refractivity contribution in [3.8, 4) is 0 Å². The number of rotatable bonds is 7. The van der Waals surface area contributed by atoms with E-state index in [1.54, 1.807) is 30.0 Å². The minimum absolute atomic E-state index is 0.103. The normalized spacial score (nSPS) is 11.9. The third-order valence-electron chi connectivity index (χ3n) is 3.43. The average molecular weight is 345 g/mol. The number of hydrogen-bond donors (Lipinski definition) is 1. The van der Waals surface area contributed by atoms with Crippen molar-refractivity contribution in [1.29, 1.82) is 0 Å². The lowest BCUT2D eigenvalue weighted by molar-refractivity contribution is -0.141. The van der Waals surface area contributed by atoms with Crippen molar-refractivity contribution >= 4 is 35.0 Å². The summed E-state index contributed by atoms with van der Waals surface area (Å²) >= 11 is 12.4. The van der Waals surface area contributed by atoms with Crippen molar-refractivity contribution in [2.75, 3.05) is 6.54 Å². The van der Waals surface area contributed by atoms with Crippen LogP contribution in [0, 0.1) is 0 Å². The van der Waals surface area contributed by atoms with Crippen LogP contribution in [0.2, 0.25) is 10.0 Å². The largest absolute Gasteiger partial charge is 0.355 e. The maximum absolute atomic E-state index is 12.3. The molecule has 0 saturated carbocycles. The summed E-state index contributed by atoms with van der Waals surface area (Å²) in [5.74, 6) is -0.260. The molecule has 0 radical (unpaired) electrons. The zero-order valence-electron chi connectivity index (χ0n) is 13.2. The van der Waals surface area contributed by atoms with E-state index >= 15 is 0 Å². The summed E-state index contributed by atoms with van der Waals surface area (Å²) < 4.78 is 0. The molecule has 1 rings (SSSR count).